The number of morpholine rings is 1. The fourth-order valence-electron chi connectivity index (χ4n) is 3.30. The number of anilines is 1. The van der Waals surface area contributed by atoms with Crippen LogP contribution >= 0.6 is 27.7 Å². The monoisotopic (exact) mass is 504 g/mol. The smallest absolute Gasteiger partial charge is 0.283 e. The van der Waals surface area contributed by atoms with E-state index in [4.69, 9.17) is 10.1 Å². The number of rotatable bonds is 4. The third-order valence-corrected chi connectivity index (χ3v) is 6.47. The minimum absolute atomic E-state index is 0.0468. The van der Waals surface area contributed by atoms with Gasteiger partial charge in [0.2, 0.25) is 11.1 Å². The van der Waals surface area contributed by atoms with E-state index in [1.54, 1.807) is 11.0 Å². The quantitative estimate of drug-likeness (QED) is 0.631. The molecule has 1 N–H and O–H groups in total. The number of hydrogen-bond donors (Lipinski definition) is 1. The Morgan fingerprint density at radius 2 is 2.10 bits per heavy atom. The zero-order valence-corrected chi connectivity index (χ0v) is 19.5. The summed E-state index contributed by atoms with van der Waals surface area (Å²) in [6.45, 7) is 2.18. The third kappa shape index (κ3) is 4.58. The van der Waals surface area contributed by atoms with Gasteiger partial charge in [-0.2, -0.15) is 15.1 Å². The van der Waals surface area contributed by atoms with Crippen LogP contribution < -0.4 is 4.90 Å². The number of carbonyl (C=O) groups is 2. The van der Waals surface area contributed by atoms with E-state index in [2.05, 4.69) is 26.0 Å². The number of amides is 2. The molecule has 1 aromatic carbocycles. The highest BCUT2D eigenvalue weighted by Gasteiger charge is 2.36. The second kappa shape index (κ2) is 8.93. The van der Waals surface area contributed by atoms with Gasteiger partial charge in [-0.05, 0) is 51.5 Å². The molecule has 0 aliphatic carbocycles. The lowest BCUT2D eigenvalue weighted by Gasteiger charge is -2.26. The molecule has 3 aliphatic heterocycles. The van der Waals surface area contributed by atoms with Crippen LogP contribution in [0.1, 0.15) is 12.0 Å². The largest absolute Gasteiger partial charge is 0.378 e. The Balaban J connectivity index is 1.53. The first-order chi connectivity index (χ1) is 14.8. The van der Waals surface area contributed by atoms with E-state index < -0.39 is 5.91 Å². The number of amidine groups is 2. The summed E-state index contributed by atoms with van der Waals surface area (Å²) < 4.78 is 6.15. The van der Waals surface area contributed by atoms with E-state index >= 15 is 0 Å². The number of carbonyl (C=O) groups excluding carboxylic acids is 2. The topological polar surface area (TPSA) is 102 Å². The van der Waals surface area contributed by atoms with E-state index in [1.165, 1.54) is 5.01 Å². The molecule has 162 valence electrons. The number of fused-ring (bicyclic) bond motifs is 1. The molecule has 0 atom stereocenters. The Morgan fingerprint density at radius 3 is 2.77 bits per heavy atom. The van der Waals surface area contributed by atoms with Gasteiger partial charge in [0.05, 0.1) is 30.9 Å². The average Bonchev–Trinajstić information content (AvgIpc) is 3.14. The van der Waals surface area contributed by atoms with Gasteiger partial charge in [-0.25, -0.2) is 0 Å². The van der Waals surface area contributed by atoms with Crippen LogP contribution in [0.2, 0.25) is 0 Å². The zero-order valence-electron chi connectivity index (χ0n) is 17.1. The first kappa shape index (κ1) is 21.7. The third-order valence-electron chi connectivity index (χ3n) is 4.93. The van der Waals surface area contributed by atoms with Gasteiger partial charge in [0.1, 0.15) is 5.04 Å². The second-order valence-electron chi connectivity index (χ2n) is 7.29. The Kier molecular flexibility index (Phi) is 6.26. The second-order valence-corrected chi connectivity index (χ2v) is 9.18. The highest BCUT2D eigenvalue weighted by atomic mass is 79.9. The van der Waals surface area contributed by atoms with Gasteiger partial charge in [-0.15, -0.1) is 0 Å². The van der Waals surface area contributed by atoms with Crippen LogP contribution in [0.25, 0.3) is 6.08 Å². The van der Waals surface area contributed by atoms with Gasteiger partial charge in [0.25, 0.3) is 5.91 Å². The van der Waals surface area contributed by atoms with E-state index in [0.29, 0.717) is 36.5 Å². The highest BCUT2D eigenvalue weighted by molar-refractivity contribution is 9.10. The molecule has 1 fully saturated rings. The first-order valence-corrected chi connectivity index (χ1v) is 11.3. The van der Waals surface area contributed by atoms with E-state index in [0.717, 1.165) is 27.5 Å². The van der Waals surface area contributed by atoms with Crippen molar-refractivity contribution >= 4 is 67.3 Å². The van der Waals surface area contributed by atoms with Gasteiger partial charge in [0, 0.05) is 31.7 Å². The number of nitrogens with one attached hydrogen (secondary N) is 1. The molecule has 0 saturated carbocycles. The molecule has 31 heavy (non-hydrogen) atoms. The van der Waals surface area contributed by atoms with Gasteiger partial charge >= 0.3 is 0 Å². The number of benzene rings is 1. The number of halogens is 1. The summed E-state index contributed by atoms with van der Waals surface area (Å²) >= 11 is 4.69. The fourth-order valence-corrected chi connectivity index (χ4v) is 4.93. The molecular weight excluding hydrogens is 484 g/mol. The number of aliphatic imine (C=N–C) groups is 1. The van der Waals surface area contributed by atoms with Crippen LogP contribution in [0.5, 0.6) is 0 Å². The number of hydrogen-bond acceptors (Lipinski definition) is 7. The molecule has 1 aromatic rings. The number of thioether (sulfide) groups is 1. The van der Waals surface area contributed by atoms with Crippen LogP contribution in [-0.4, -0.2) is 78.2 Å². The standard InChI is InChI=1S/C20H21BrN6O3S/c1-25(2)15-4-3-12(10-14(15)21)9-13-18(22)27-20(23-19(13)29)31-16(24-27)11-17(28)26-5-7-30-8-6-26/h3-4,9-10,22H,5-8,11H2,1-2H3/b13-9-,22-18?. The maximum absolute atomic E-state index is 12.6. The molecule has 0 aromatic heterocycles. The Hall–Kier alpha value is -2.50. The predicted molar refractivity (Wildman–Crippen MR) is 125 cm³/mol. The summed E-state index contributed by atoms with van der Waals surface area (Å²) in [7, 11) is 3.89. The lowest BCUT2D eigenvalue weighted by atomic mass is 10.1. The fraction of sp³-hybridized carbons (Fsp3) is 0.350. The molecule has 4 rings (SSSR count). The van der Waals surface area contributed by atoms with Crippen molar-refractivity contribution in [2.24, 2.45) is 10.1 Å². The summed E-state index contributed by atoms with van der Waals surface area (Å²) in [6, 6.07) is 5.69. The van der Waals surface area contributed by atoms with Crippen molar-refractivity contribution < 1.29 is 14.3 Å². The van der Waals surface area contributed by atoms with Gasteiger partial charge < -0.3 is 14.5 Å². The molecule has 0 unspecified atom stereocenters. The molecule has 3 aliphatic rings. The van der Waals surface area contributed by atoms with Crippen LogP contribution in [0.15, 0.2) is 38.3 Å². The van der Waals surface area contributed by atoms with Gasteiger partial charge in [-0.3, -0.25) is 15.0 Å². The van der Waals surface area contributed by atoms with Crippen molar-refractivity contribution in [2.75, 3.05) is 45.3 Å². The maximum Gasteiger partial charge on any atom is 0.283 e. The van der Waals surface area contributed by atoms with Crippen molar-refractivity contribution in [3.8, 4) is 0 Å². The Bertz CT molecular complexity index is 1050. The van der Waals surface area contributed by atoms with Gasteiger partial charge in [0.15, 0.2) is 5.84 Å². The highest BCUT2D eigenvalue weighted by Crippen LogP contribution is 2.31. The van der Waals surface area contributed by atoms with Crippen LogP contribution in [0.3, 0.4) is 0 Å². The molecule has 2 amide bonds. The van der Waals surface area contributed by atoms with Crippen LogP contribution in [0.4, 0.5) is 5.69 Å². The lowest BCUT2D eigenvalue weighted by Crippen LogP contribution is -2.41. The van der Waals surface area contributed by atoms with E-state index in [1.807, 2.05) is 37.2 Å². The van der Waals surface area contributed by atoms with Crippen LogP contribution in [-0.2, 0) is 14.3 Å². The predicted octanol–water partition coefficient (Wildman–Crippen LogP) is 2.38. The normalized spacial score (nSPS) is 20.0. The summed E-state index contributed by atoms with van der Waals surface area (Å²) in [5.41, 5.74) is 1.92. The molecular formula is C20H21BrN6O3S. The Morgan fingerprint density at radius 1 is 1.35 bits per heavy atom. The molecule has 0 spiro atoms. The molecule has 0 radical (unpaired) electrons. The number of hydrazone groups is 1. The van der Waals surface area contributed by atoms with E-state index in [9.17, 15) is 9.59 Å². The maximum atomic E-state index is 12.6. The molecule has 9 nitrogen and oxygen atoms in total. The molecule has 1 saturated heterocycles. The summed E-state index contributed by atoms with van der Waals surface area (Å²) in [6.07, 6.45) is 1.74. The lowest BCUT2D eigenvalue weighted by molar-refractivity contribution is -0.133. The van der Waals surface area contributed by atoms with Gasteiger partial charge in [-0.1, -0.05) is 6.07 Å². The van der Waals surface area contributed by atoms with Crippen molar-refractivity contribution in [1.82, 2.24) is 9.91 Å². The minimum Gasteiger partial charge on any atom is -0.378 e. The van der Waals surface area contributed by atoms with Crippen molar-refractivity contribution in [3.05, 3.63) is 33.8 Å². The van der Waals surface area contributed by atoms with Crippen molar-refractivity contribution in [2.45, 2.75) is 6.42 Å². The molecule has 11 heteroatoms. The molecule has 3 heterocycles. The molecule has 0 bridgehead atoms. The van der Waals surface area contributed by atoms with E-state index in [-0.39, 0.29) is 23.7 Å². The summed E-state index contributed by atoms with van der Waals surface area (Å²) in [5, 5.41) is 15.0. The number of nitrogens with zero attached hydrogens (tertiary/aromatic N) is 5. The van der Waals surface area contributed by atoms with Crippen molar-refractivity contribution in [3.63, 3.8) is 0 Å². The van der Waals surface area contributed by atoms with Crippen molar-refractivity contribution in [1.29, 1.82) is 5.41 Å². The zero-order chi connectivity index (χ0) is 22.1. The Labute approximate surface area is 192 Å². The summed E-state index contributed by atoms with van der Waals surface area (Å²) in [5.74, 6) is -0.592. The number of ether oxygens (including phenoxy) is 1. The van der Waals surface area contributed by atoms with Crippen LogP contribution in [0, 0.1) is 5.41 Å². The SMILES string of the molecule is CN(C)c1ccc(/C=C2/C(=N)N3N=C(CC(=O)N4CCOCC4)SC3=NC2=O)cc1Br. The summed E-state index contributed by atoms with van der Waals surface area (Å²) in [4.78, 5) is 32.9. The minimum atomic E-state index is -0.493. The first-order valence-electron chi connectivity index (χ1n) is 9.65. The average molecular weight is 505 g/mol.